The maximum absolute atomic E-state index is 0. The second-order valence-corrected chi connectivity index (χ2v) is 0. The molecule has 0 aliphatic carbocycles. The van der Waals surface area contributed by atoms with E-state index in [-0.39, 0.29) is 74.3 Å². The molecule has 0 aromatic heterocycles. The quantitative estimate of drug-likeness (QED) is 0.416. The Bertz CT molecular complexity index is 4.00. The van der Waals surface area contributed by atoms with E-state index in [1.54, 1.807) is 0 Å². The van der Waals surface area contributed by atoms with Gasteiger partial charge in [-0.25, -0.2) is 0 Å². The third kappa shape index (κ3) is 8.84. The van der Waals surface area contributed by atoms with Crippen molar-refractivity contribution in [1.29, 1.82) is 0 Å². The maximum atomic E-state index is 0. The summed E-state index contributed by atoms with van der Waals surface area (Å²) in [6.07, 6.45) is 0. The van der Waals surface area contributed by atoms with Gasteiger partial charge in [0.05, 0.1) is 0 Å². The first-order valence-electron chi connectivity index (χ1n) is 0. The van der Waals surface area contributed by atoms with Crippen LogP contribution in [0.25, 0.3) is 0 Å². The van der Waals surface area contributed by atoms with Crippen LogP contribution in [0.5, 0.6) is 0 Å². The molecule has 2 radical (unpaired) electrons. The average Bonchev–Trinajstić information content (AvgIpc) is 0. The Morgan fingerprint density at radius 2 is 0.500 bits per heavy atom. The molecule has 0 heterocycles. The van der Waals surface area contributed by atoms with Crippen LogP contribution in [0.1, 0.15) is 0 Å². The first kappa shape index (κ1) is 33.0. The van der Waals surface area contributed by atoms with E-state index in [0.29, 0.717) is 0 Å². The molecule has 0 amide bonds. The zero-order valence-corrected chi connectivity index (χ0v) is 8.57. The Morgan fingerprint density at radius 3 is 0.500 bits per heavy atom. The molecular formula is Ir2Mn2+10. The Labute approximate surface area is 73.5 Å². The average molecular weight is 494 g/mol. The molecule has 0 rings (SSSR count). The van der Waals surface area contributed by atoms with Crippen molar-refractivity contribution in [2.45, 2.75) is 0 Å². The summed E-state index contributed by atoms with van der Waals surface area (Å²) in [6.45, 7) is 0. The van der Waals surface area contributed by atoms with Crippen molar-refractivity contribution in [2.75, 3.05) is 0 Å². The predicted molar refractivity (Wildman–Crippen MR) is 0 cm³/mol. The Morgan fingerprint density at radius 1 is 0.500 bits per heavy atom. The summed E-state index contributed by atoms with van der Waals surface area (Å²) < 4.78 is 0. The van der Waals surface area contributed by atoms with Crippen molar-refractivity contribution in [2.24, 2.45) is 0 Å². The number of rotatable bonds is 0. The van der Waals surface area contributed by atoms with Crippen LogP contribution in [0.15, 0.2) is 0 Å². The maximum Gasteiger partial charge on any atom is 3.00 e. The van der Waals surface area contributed by atoms with Crippen molar-refractivity contribution in [3.05, 3.63) is 0 Å². The first-order chi connectivity index (χ1) is 0. The van der Waals surface area contributed by atoms with Gasteiger partial charge in [0.1, 0.15) is 0 Å². The zero-order valence-electron chi connectivity index (χ0n) is 1.42. The third-order valence-corrected chi connectivity index (χ3v) is 0. The van der Waals surface area contributed by atoms with Gasteiger partial charge in [-0.3, -0.25) is 0 Å². The minimum Gasteiger partial charge on any atom is 2.00 e. The molecule has 0 saturated heterocycles. The molecule has 4 heteroatoms. The number of hydrogen-bond donors (Lipinski definition) is 0. The van der Waals surface area contributed by atoms with Gasteiger partial charge in [-0.2, -0.15) is 0 Å². The van der Waals surface area contributed by atoms with E-state index in [4.69, 9.17) is 0 Å². The van der Waals surface area contributed by atoms with E-state index in [1.165, 1.54) is 0 Å². The Kier molecular flexibility index (Phi) is 152. The standard InChI is InChI=1S/2Ir.2Mn/q2*+3;2*+2. The van der Waals surface area contributed by atoms with Crippen LogP contribution in [-0.4, -0.2) is 0 Å². The van der Waals surface area contributed by atoms with Crippen LogP contribution in [0.4, 0.5) is 0 Å². The van der Waals surface area contributed by atoms with Gasteiger partial charge < -0.3 is 0 Å². The molecule has 0 atom stereocenters. The molecule has 4 heavy (non-hydrogen) atoms. The van der Waals surface area contributed by atoms with E-state index in [0.717, 1.165) is 0 Å². The SMILES string of the molecule is [Ir+3].[Ir+3].[Mn+2].[Mn+2]. The summed E-state index contributed by atoms with van der Waals surface area (Å²) in [5, 5.41) is 0. The largest absolute Gasteiger partial charge is 3.00 e. The summed E-state index contributed by atoms with van der Waals surface area (Å²) in [5.74, 6) is 0. The van der Waals surface area contributed by atoms with Gasteiger partial charge in [-0.15, -0.1) is 0 Å². The molecule has 0 aromatic carbocycles. The summed E-state index contributed by atoms with van der Waals surface area (Å²) in [7, 11) is 0. The fraction of sp³-hybridized carbons (Fsp3) is 0. The zero-order chi connectivity index (χ0) is 0. The molecule has 0 unspecified atom stereocenters. The molecule has 0 saturated carbocycles. The van der Waals surface area contributed by atoms with Gasteiger partial charge in [0.2, 0.25) is 0 Å². The van der Waals surface area contributed by atoms with Crippen LogP contribution in [0.2, 0.25) is 0 Å². The van der Waals surface area contributed by atoms with Crippen molar-refractivity contribution in [1.82, 2.24) is 0 Å². The predicted octanol–water partition coefficient (Wildman–Crippen LogP) is -0.0100. The fourth-order valence-electron chi connectivity index (χ4n) is 0. The van der Waals surface area contributed by atoms with Crippen molar-refractivity contribution in [3.8, 4) is 0 Å². The van der Waals surface area contributed by atoms with E-state index in [2.05, 4.69) is 0 Å². The molecule has 0 nitrogen and oxygen atoms in total. The summed E-state index contributed by atoms with van der Waals surface area (Å²) >= 11 is 0. The molecule has 0 N–H and O–H groups in total. The van der Waals surface area contributed by atoms with Gasteiger partial charge in [-0.05, 0) is 0 Å². The third-order valence-electron chi connectivity index (χ3n) is 0. The molecule has 0 aromatic rings. The molecular weight excluding hydrogens is 494 g/mol. The van der Waals surface area contributed by atoms with E-state index >= 15 is 0 Å². The second-order valence-electron chi connectivity index (χ2n) is 0. The monoisotopic (exact) mass is 496 g/mol. The van der Waals surface area contributed by atoms with E-state index in [9.17, 15) is 0 Å². The fourth-order valence-corrected chi connectivity index (χ4v) is 0. The van der Waals surface area contributed by atoms with Crippen LogP contribution in [0, 0.1) is 0 Å². The van der Waals surface area contributed by atoms with Gasteiger partial charge in [-0.1, -0.05) is 0 Å². The van der Waals surface area contributed by atoms with E-state index < -0.39 is 0 Å². The van der Waals surface area contributed by atoms with Gasteiger partial charge in [0.25, 0.3) is 0 Å². The van der Waals surface area contributed by atoms with Crippen LogP contribution < -0.4 is 0 Å². The van der Waals surface area contributed by atoms with Crippen LogP contribution >= 0.6 is 0 Å². The molecule has 0 aliphatic heterocycles. The molecule has 0 spiro atoms. The van der Waals surface area contributed by atoms with Crippen molar-refractivity contribution in [3.63, 3.8) is 0 Å². The molecule has 0 aliphatic rings. The minimum absolute atomic E-state index is 0. The topological polar surface area (TPSA) is 0 Å². The molecule has 0 fully saturated rings. The van der Waals surface area contributed by atoms with E-state index in [1.807, 2.05) is 0 Å². The summed E-state index contributed by atoms with van der Waals surface area (Å²) in [5.41, 5.74) is 0. The van der Waals surface area contributed by atoms with Gasteiger partial charge >= 0.3 is 74.3 Å². The summed E-state index contributed by atoms with van der Waals surface area (Å²) in [4.78, 5) is 0. The molecule has 0 bridgehead atoms. The number of hydrogen-bond acceptors (Lipinski definition) is 0. The van der Waals surface area contributed by atoms with Gasteiger partial charge in [0.15, 0.2) is 0 Å². The van der Waals surface area contributed by atoms with Crippen LogP contribution in [-0.2, 0) is 74.3 Å². The Hall–Kier alpha value is 2.34. The van der Waals surface area contributed by atoms with Gasteiger partial charge in [0, 0.05) is 0 Å². The first-order valence-corrected chi connectivity index (χ1v) is 0. The van der Waals surface area contributed by atoms with Crippen molar-refractivity contribution >= 4 is 0 Å². The minimum atomic E-state index is 0. The van der Waals surface area contributed by atoms with Crippen LogP contribution in [0.3, 0.4) is 0 Å². The normalized spacial score (nSPS) is 0. The summed E-state index contributed by atoms with van der Waals surface area (Å²) in [6, 6.07) is 0. The second kappa shape index (κ2) is 18.4. The molecule has 22 valence electrons. The van der Waals surface area contributed by atoms with Crippen molar-refractivity contribution < 1.29 is 74.3 Å². The smallest absolute Gasteiger partial charge is 2.00 e. The Balaban J connectivity index is 0.